The second-order valence-electron chi connectivity index (χ2n) is 8.39. The third-order valence-corrected chi connectivity index (χ3v) is 5.98. The molecule has 34 heavy (non-hydrogen) atoms. The molecule has 0 spiro atoms. The molecule has 0 atom stereocenters. The minimum atomic E-state index is -0.221. The van der Waals surface area contributed by atoms with Crippen molar-refractivity contribution >= 4 is 28.3 Å². The molecule has 1 amide bonds. The van der Waals surface area contributed by atoms with Crippen LogP contribution < -0.4 is 15.0 Å². The fraction of sp³-hybridized carbons (Fsp3) is 0.296. The lowest BCUT2D eigenvalue weighted by Crippen LogP contribution is -2.21. The molecule has 0 aliphatic carbocycles. The van der Waals surface area contributed by atoms with Crippen molar-refractivity contribution in [1.29, 1.82) is 0 Å². The van der Waals surface area contributed by atoms with Crippen LogP contribution in [0.5, 0.6) is 5.75 Å². The number of ether oxygens (including phenoxy) is 1. The van der Waals surface area contributed by atoms with E-state index in [2.05, 4.69) is 59.4 Å². The summed E-state index contributed by atoms with van der Waals surface area (Å²) < 4.78 is 5.67. The Kier molecular flexibility index (Phi) is 6.82. The number of hydrogen-bond donors (Lipinski definition) is 1. The normalized spacial score (nSPS) is 11.0. The highest BCUT2D eigenvalue weighted by Gasteiger charge is 2.13. The highest BCUT2D eigenvalue weighted by molar-refractivity contribution is 5.95. The van der Waals surface area contributed by atoms with Crippen LogP contribution in [-0.2, 0) is 4.79 Å². The minimum absolute atomic E-state index is 0.0624. The third kappa shape index (κ3) is 4.88. The maximum atomic E-state index is 12.5. The maximum Gasteiger partial charge on any atom is 0.262 e. The van der Waals surface area contributed by atoms with E-state index < -0.39 is 0 Å². The summed E-state index contributed by atoms with van der Waals surface area (Å²) in [4.78, 5) is 16.5. The summed E-state index contributed by atoms with van der Waals surface area (Å²) >= 11 is 0. The van der Waals surface area contributed by atoms with Crippen molar-refractivity contribution in [2.24, 2.45) is 0 Å². The maximum absolute atomic E-state index is 12.5. The van der Waals surface area contributed by atoms with Crippen LogP contribution >= 0.6 is 0 Å². The number of amides is 1. The lowest BCUT2D eigenvalue weighted by atomic mass is 10.1. The molecule has 4 rings (SSSR count). The molecule has 0 saturated carbocycles. The molecule has 176 valence electrons. The van der Waals surface area contributed by atoms with Crippen molar-refractivity contribution in [3.63, 3.8) is 0 Å². The van der Waals surface area contributed by atoms with E-state index in [0.29, 0.717) is 17.0 Å². The quantitative estimate of drug-likeness (QED) is 0.393. The lowest BCUT2D eigenvalue weighted by Gasteiger charge is -2.22. The lowest BCUT2D eigenvalue weighted by molar-refractivity contribution is -0.118. The Balaban J connectivity index is 1.53. The van der Waals surface area contributed by atoms with E-state index in [9.17, 15) is 4.79 Å². The highest BCUT2D eigenvalue weighted by atomic mass is 16.5. The summed E-state index contributed by atoms with van der Waals surface area (Å²) in [7, 11) is 0. The van der Waals surface area contributed by atoms with Gasteiger partial charge in [-0.1, -0.05) is 18.2 Å². The van der Waals surface area contributed by atoms with Gasteiger partial charge in [0.1, 0.15) is 16.8 Å². The first kappa shape index (κ1) is 23.3. The summed E-state index contributed by atoms with van der Waals surface area (Å²) in [5.74, 6) is 0.482. The van der Waals surface area contributed by atoms with Crippen LogP contribution in [-0.4, -0.2) is 40.6 Å². The zero-order chi connectivity index (χ0) is 24.2. The van der Waals surface area contributed by atoms with Crippen molar-refractivity contribution in [3.8, 4) is 11.4 Å². The van der Waals surface area contributed by atoms with Gasteiger partial charge in [0, 0.05) is 24.5 Å². The number of nitrogens with one attached hydrogen (secondary N) is 1. The number of aryl methyl sites for hydroxylation is 3. The van der Waals surface area contributed by atoms with Gasteiger partial charge in [0.25, 0.3) is 5.91 Å². The molecular formula is C27H31N5O2. The number of anilines is 2. The van der Waals surface area contributed by atoms with Crippen molar-refractivity contribution in [3.05, 3.63) is 71.3 Å². The predicted octanol–water partition coefficient (Wildman–Crippen LogP) is 5.21. The predicted molar refractivity (Wildman–Crippen MR) is 137 cm³/mol. The molecule has 3 aromatic carbocycles. The van der Waals surface area contributed by atoms with Gasteiger partial charge >= 0.3 is 0 Å². The Morgan fingerprint density at radius 3 is 2.29 bits per heavy atom. The smallest absolute Gasteiger partial charge is 0.262 e. The largest absolute Gasteiger partial charge is 0.483 e. The van der Waals surface area contributed by atoms with Crippen LogP contribution in [0.1, 0.15) is 30.5 Å². The van der Waals surface area contributed by atoms with Gasteiger partial charge < -0.3 is 15.0 Å². The van der Waals surface area contributed by atoms with Gasteiger partial charge in [-0.3, -0.25) is 4.79 Å². The molecule has 0 fully saturated rings. The van der Waals surface area contributed by atoms with E-state index in [1.54, 1.807) is 4.80 Å². The standard InChI is InChI=1S/C27H31N5O2/c1-6-31(7-2)21-12-13-25(20(5)14-21)32-29-23-15-19(4)22(16-24(23)30-32)28-27(33)17-34-26-11-9-8-10-18(26)3/h8-16H,6-7,17H2,1-5H3,(H,28,33). The molecule has 1 aromatic heterocycles. The monoisotopic (exact) mass is 457 g/mol. The van der Waals surface area contributed by atoms with Gasteiger partial charge in [-0.15, -0.1) is 10.2 Å². The number of carbonyl (C=O) groups excluding carboxylic acids is 1. The van der Waals surface area contributed by atoms with E-state index in [1.165, 1.54) is 5.69 Å². The van der Waals surface area contributed by atoms with Gasteiger partial charge in [-0.05, 0) is 87.7 Å². The number of rotatable bonds is 8. The summed E-state index contributed by atoms with van der Waals surface area (Å²) in [6.07, 6.45) is 0. The summed E-state index contributed by atoms with van der Waals surface area (Å²) in [6, 6.07) is 17.8. The van der Waals surface area contributed by atoms with Crippen LogP contribution in [0.4, 0.5) is 11.4 Å². The molecule has 1 heterocycles. The molecular weight excluding hydrogens is 426 g/mol. The number of nitrogens with zero attached hydrogens (tertiary/aromatic N) is 4. The first-order chi connectivity index (χ1) is 16.4. The first-order valence-electron chi connectivity index (χ1n) is 11.6. The fourth-order valence-electron chi connectivity index (χ4n) is 4.01. The first-order valence-corrected chi connectivity index (χ1v) is 11.6. The molecule has 0 aliphatic heterocycles. The molecule has 7 heteroatoms. The van der Waals surface area contributed by atoms with E-state index in [1.807, 2.05) is 50.2 Å². The summed E-state index contributed by atoms with van der Waals surface area (Å²) in [5.41, 5.74) is 7.32. The zero-order valence-electron chi connectivity index (χ0n) is 20.4. The molecule has 0 radical (unpaired) electrons. The average molecular weight is 458 g/mol. The average Bonchev–Trinajstić information content (AvgIpc) is 3.22. The van der Waals surface area contributed by atoms with E-state index >= 15 is 0 Å². The molecule has 7 nitrogen and oxygen atoms in total. The number of fused-ring (bicyclic) bond motifs is 1. The van der Waals surface area contributed by atoms with Crippen molar-refractivity contribution < 1.29 is 9.53 Å². The minimum Gasteiger partial charge on any atom is -0.483 e. The van der Waals surface area contributed by atoms with Gasteiger partial charge in [0.2, 0.25) is 0 Å². The number of carbonyl (C=O) groups is 1. The van der Waals surface area contributed by atoms with Crippen LogP contribution in [0, 0.1) is 20.8 Å². The molecule has 0 saturated heterocycles. The Hall–Kier alpha value is -3.87. The van der Waals surface area contributed by atoms with E-state index in [0.717, 1.165) is 41.0 Å². The SMILES string of the molecule is CCN(CC)c1ccc(-n2nc3cc(C)c(NC(=O)COc4ccccc4C)cc3n2)c(C)c1. The highest BCUT2D eigenvalue weighted by Crippen LogP contribution is 2.25. The Labute approximate surface area is 200 Å². The number of para-hydroxylation sites is 1. The van der Waals surface area contributed by atoms with Crippen LogP contribution in [0.2, 0.25) is 0 Å². The Morgan fingerprint density at radius 1 is 0.912 bits per heavy atom. The van der Waals surface area contributed by atoms with Crippen molar-refractivity contribution in [1.82, 2.24) is 15.0 Å². The topological polar surface area (TPSA) is 72.3 Å². The molecule has 0 unspecified atom stereocenters. The van der Waals surface area contributed by atoms with Gasteiger partial charge in [-0.2, -0.15) is 4.80 Å². The van der Waals surface area contributed by atoms with Gasteiger partial charge in [-0.25, -0.2) is 0 Å². The van der Waals surface area contributed by atoms with Gasteiger partial charge in [0.15, 0.2) is 6.61 Å². The number of aromatic nitrogens is 3. The van der Waals surface area contributed by atoms with Gasteiger partial charge in [0.05, 0.1) is 5.69 Å². The van der Waals surface area contributed by atoms with Crippen LogP contribution in [0.15, 0.2) is 54.6 Å². The van der Waals surface area contributed by atoms with E-state index in [4.69, 9.17) is 4.74 Å². The molecule has 4 aromatic rings. The molecule has 1 N–H and O–H groups in total. The fourth-order valence-corrected chi connectivity index (χ4v) is 4.01. The zero-order valence-corrected chi connectivity index (χ0v) is 20.4. The Bertz CT molecular complexity index is 1320. The molecule has 0 bridgehead atoms. The second kappa shape index (κ2) is 9.95. The summed E-state index contributed by atoms with van der Waals surface area (Å²) in [6.45, 7) is 12.1. The van der Waals surface area contributed by atoms with Crippen molar-refractivity contribution in [2.45, 2.75) is 34.6 Å². The molecule has 0 aliphatic rings. The van der Waals surface area contributed by atoms with Crippen molar-refractivity contribution in [2.75, 3.05) is 29.9 Å². The second-order valence-corrected chi connectivity index (χ2v) is 8.39. The summed E-state index contributed by atoms with van der Waals surface area (Å²) in [5, 5.41) is 12.3. The number of benzene rings is 3. The number of hydrogen-bond acceptors (Lipinski definition) is 5. The Morgan fingerprint density at radius 2 is 1.62 bits per heavy atom. The third-order valence-electron chi connectivity index (χ3n) is 5.98. The van der Waals surface area contributed by atoms with Crippen LogP contribution in [0.25, 0.3) is 16.7 Å². The van der Waals surface area contributed by atoms with E-state index in [-0.39, 0.29) is 12.5 Å². The van der Waals surface area contributed by atoms with Crippen LogP contribution in [0.3, 0.4) is 0 Å².